The Morgan fingerprint density at radius 3 is 2.37 bits per heavy atom. The minimum absolute atomic E-state index is 0.0965. The Hall–Kier alpha value is -2.70. The number of amides is 1. The maximum Gasteiger partial charge on any atom is 0.407 e. The van der Waals surface area contributed by atoms with E-state index in [4.69, 9.17) is 15.2 Å². The van der Waals surface area contributed by atoms with Gasteiger partial charge >= 0.3 is 6.09 Å². The third kappa shape index (κ3) is 5.39. The Morgan fingerprint density at radius 2 is 1.85 bits per heavy atom. The number of nitrogens with zero attached hydrogens (tertiary/aromatic N) is 2. The number of ether oxygens (including phenoxy) is 2. The summed E-state index contributed by atoms with van der Waals surface area (Å²) < 4.78 is 12.4. The number of aromatic nitrogens is 2. The molecule has 1 heterocycles. The van der Waals surface area contributed by atoms with E-state index in [0.29, 0.717) is 18.1 Å². The van der Waals surface area contributed by atoms with E-state index in [-0.39, 0.29) is 5.41 Å². The summed E-state index contributed by atoms with van der Waals surface area (Å²) >= 11 is 0. The van der Waals surface area contributed by atoms with Gasteiger partial charge in [0.2, 0.25) is 0 Å². The molecule has 0 aliphatic rings. The molecule has 0 unspecified atom stereocenters. The molecule has 148 valence electrons. The number of benzene rings is 1. The van der Waals surface area contributed by atoms with Gasteiger partial charge in [-0.15, -0.1) is 0 Å². The molecule has 0 atom stereocenters. The largest absolute Gasteiger partial charge is 0.496 e. The Kier molecular flexibility index (Phi) is 5.73. The van der Waals surface area contributed by atoms with Gasteiger partial charge in [-0.2, -0.15) is 5.10 Å². The lowest BCUT2D eigenvalue weighted by atomic mass is 9.92. The highest BCUT2D eigenvalue weighted by Crippen LogP contribution is 2.27. The topological polar surface area (TPSA) is 91.4 Å². The van der Waals surface area contributed by atoms with Crippen molar-refractivity contribution < 1.29 is 14.3 Å². The van der Waals surface area contributed by atoms with Gasteiger partial charge in [0.05, 0.1) is 18.5 Å². The monoisotopic (exact) mass is 374 g/mol. The predicted molar refractivity (Wildman–Crippen MR) is 106 cm³/mol. The van der Waals surface area contributed by atoms with Crippen LogP contribution in [-0.2, 0) is 16.7 Å². The Balaban J connectivity index is 2.22. The SMILES string of the molecule is COc1cc(-n2nc(C(C)(C)C)cc2N)ccc1CNC(=O)OC(C)(C)C. The summed E-state index contributed by atoms with van der Waals surface area (Å²) in [6.45, 7) is 12.0. The van der Waals surface area contributed by atoms with Crippen LogP contribution in [0.2, 0.25) is 0 Å². The molecule has 0 spiro atoms. The van der Waals surface area contributed by atoms with Gasteiger partial charge in [-0.05, 0) is 26.8 Å². The summed E-state index contributed by atoms with van der Waals surface area (Å²) in [6, 6.07) is 7.50. The third-order valence-corrected chi connectivity index (χ3v) is 3.84. The number of carbonyl (C=O) groups is 1. The van der Waals surface area contributed by atoms with Crippen LogP contribution in [0.4, 0.5) is 10.6 Å². The highest BCUT2D eigenvalue weighted by Gasteiger charge is 2.20. The molecule has 2 aromatic rings. The first kappa shape index (κ1) is 20.6. The van der Waals surface area contributed by atoms with Crippen LogP contribution in [0.15, 0.2) is 24.3 Å². The lowest BCUT2D eigenvalue weighted by Crippen LogP contribution is -2.32. The predicted octanol–water partition coefficient (Wildman–Crippen LogP) is 3.79. The van der Waals surface area contributed by atoms with Gasteiger partial charge in [0, 0.05) is 29.7 Å². The van der Waals surface area contributed by atoms with Gasteiger partial charge in [-0.1, -0.05) is 26.8 Å². The zero-order valence-corrected chi connectivity index (χ0v) is 17.2. The molecule has 0 bridgehead atoms. The first-order valence-corrected chi connectivity index (χ1v) is 8.91. The van der Waals surface area contributed by atoms with Crippen LogP contribution in [0.3, 0.4) is 0 Å². The van der Waals surface area contributed by atoms with Gasteiger partial charge in [0.15, 0.2) is 0 Å². The van der Waals surface area contributed by atoms with Gasteiger partial charge in [0.1, 0.15) is 17.2 Å². The number of alkyl carbamates (subject to hydrolysis) is 1. The number of hydrogen-bond acceptors (Lipinski definition) is 5. The zero-order valence-electron chi connectivity index (χ0n) is 17.2. The standard InChI is InChI=1S/C20H30N4O3/c1-19(2,3)16-11-17(21)24(23-16)14-9-8-13(15(10-14)26-7)12-22-18(25)27-20(4,5)6/h8-11H,12,21H2,1-7H3,(H,22,25). The number of nitrogens with two attached hydrogens (primary N) is 1. The number of nitrogen functional groups attached to an aromatic ring is 1. The number of carbonyl (C=O) groups excluding carboxylic acids is 1. The van der Waals surface area contributed by atoms with Crippen LogP contribution in [-0.4, -0.2) is 28.6 Å². The molecule has 7 nitrogen and oxygen atoms in total. The molecule has 1 aromatic carbocycles. The number of methoxy groups -OCH3 is 1. The summed E-state index contributed by atoms with van der Waals surface area (Å²) in [5.74, 6) is 1.19. The normalized spacial score (nSPS) is 12.0. The Labute approximate surface area is 160 Å². The molecule has 1 amide bonds. The highest BCUT2D eigenvalue weighted by atomic mass is 16.6. The molecular weight excluding hydrogens is 344 g/mol. The molecule has 27 heavy (non-hydrogen) atoms. The summed E-state index contributed by atoms with van der Waals surface area (Å²) in [5.41, 5.74) is 8.04. The fraction of sp³-hybridized carbons (Fsp3) is 0.500. The molecule has 7 heteroatoms. The Bertz CT molecular complexity index is 814. The second-order valence-corrected chi connectivity index (χ2v) is 8.47. The Morgan fingerprint density at radius 1 is 1.19 bits per heavy atom. The minimum atomic E-state index is -0.541. The van der Waals surface area contributed by atoms with Gasteiger partial charge in [-0.25, -0.2) is 9.48 Å². The molecule has 2 rings (SSSR count). The summed E-state index contributed by atoms with van der Waals surface area (Å²) in [5, 5.41) is 7.35. The lowest BCUT2D eigenvalue weighted by molar-refractivity contribution is 0.0523. The van der Waals surface area contributed by atoms with Crippen LogP contribution in [0.1, 0.15) is 52.8 Å². The van der Waals surface area contributed by atoms with E-state index in [1.54, 1.807) is 11.8 Å². The first-order valence-electron chi connectivity index (χ1n) is 8.91. The number of nitrogens with one attached hydrogen (secondary N) is 1. The molecule has 0 saturated carbocycles. The van der Waals surface area contributed by atoms with E-state index in [1.165, 1.54) is 0 Å². The van der Waals surface area contributed by atoms with E-state index in [1.807, 2.05) is 45.0 Å². The van der Waals surface area contributed by atoms with Crippen LogP contribution in [0, 0.1) is 0 Å². The molecule has 0 radical (unpaired) electrons. The first-order chi connectivity index (χ1) is 12.4. The maximum atomic E-state index is 11.9. The second-order valence-electron chi connectivity index (χ2n) is 8.47. The quantitative estimate of drug-likeness (QED) is 0.850. The van der Waals surface area contributed by atoms with Crippen molar-refractivity contribution in [1.82, 2.24) is 15.1 Å². The van der Waals surface area contributed by atoms with Crippen LogP contribution < -0.4 is 15.8 Å². The van der Waals surface area contributed by atoms with Crippen molar-refractivity contribution in [2.45, 2.75) is 59.1 Å². The third-order valence-electron chi connectivity index (χ3n) is 3.84. The fourth-order valence-corrected chi connectivity index (χ4v) is 2.46. The molecule has 0 aliphatic carbocycles. The van der Waals surface area contributed by atoms with Crippen molar-refractivity contribution in [3.05, 3.63) is 35.5 Å². The molecule has 0 fully saturated rings. The van der Waals surface area contributed by atoms with Crippen LogP contribution in [0.25, 0.3) is 5.69 Å². The summed E-state index contributed by atoms with van der Waals surface area (Å²) in [4.78, 5) is 11.9. The minimum Gasteiger partial charge on any atom is -0.496 e. The average molecular weight is 374 g/mol. The van der Waals surface area contributed by atoms with Gasteiger partial charge in [0.25, 0.3) is 0 Å². The van der Waals surface area contributed by atoms with Crippen molar-refractivity contribution in [3.8, 4) is 11.4 Å². The van der Waals surface area contributed by atoms with Crippen LogP contribution in [0.5, 0.6) is 5.75 Å². The van der Waals surface area contributed by atoms with Gasteiger partial charge in [-0.3, -0.25) is 0 Å². The van der Waals surface area contributed by atoms with Crippen molar-refractivity contribution >= 4 is 11.9 Å². The number of hydrogen-bond donors (Lipinski definition) is 2. The lowest BCUT2D eigenvalue weighted by Gasteiger charge is -2.20. The van der Waals surface area contributed by atoms with Crippen molar-refractivity contribution in [1.29, 1.82) is 0 Å². The molecule has 3 N–H and O–H groups in total. The second kappa shape index (κ2) is 7.50. The van der Waals surface area contributed by atoms with Crippen LogP contribution >= 0.6 is 0 Å². The molecule has 0 aliphatic heterocycles. The molecular formula is C20H30N4O3. The highest BCUT2D eigenvalue weighted by molar-refractivity contribution is 5.68. The zero-order chi connectivity index (χ0) is 20.4. The smallest absolute Gasteiger partial charge is 0.407 e. The van der Waals surface area contributed by atoms with E-state index in [0.717, 1.165) is 16.9 Å². The van der Waals surface area contributed by atoms with E-state index < -0.39 is 11.7 Å². The molecule has 1 aromatic heterocycles. The maximum absolute atomic E-state index is 11.9. The number of anilines is 1. The van der Waals surface area contributed by atoms with E-state index in [9.17, 15) is 4.79 Å². The molecule has 0 saturated heterocycles. The summed E-state index contributed by atoms with van der Waals surface area (Å²) in [6.07, 6.45) is -0.472. The van der Waals surface area contributed by atoms with E-state index >= 15 is 0 Å². The van der Waals surface area contributed by atoms with Crippen molar-refractivity contribution in [3.63, 3.8) is 0 Å². The fourth-order valence-electron chi connectivity index (χ4n) is 2.46. The van der Waals surface area contributed by atoms with Crippen molar-refractivity contribution in [2.24, 2.45) is 0 Å². The van der Waals surface area contributed by atoms with Crippen molar-refractivity contribution in [2.75, 3.05) is 12.8 Å². The average Bonchev–Trinajstić information content (AvgIpc) is 2.93. The summed E-state index contributed by atoms with van der Waals surface area (Å²) in [7, 11) is 1.59. The number of rotatable bonds is 4. The van der Waals surface area contributed by atoms with E-state index in [2.05, 4.69) is 31.2 Å². The van der Waals surface area contributed by atoms with Gasteiger partial charge < -0.3 is 20.5 Å².